The molecule has 2 aromatic heterocycles. The predicted molar refractivity (Wildman–Crippen MR) is 263 cm³/mol. The molecule has 3 aromatic rings. The Morgan fingerprint density at radius 2 is 1.68 bits per heavy atom. The molecule has 20 heteroatoms. The molecule has 4 aliphatic rings. The highest BCUT2D eigenvalue weighted by Crippen LogP contribution is 2.43. The summed E-state index contributed by atoms with van der Waals surface area (Å²) in [5.74, 6) is -3.70. The summed E-state index contributed by atoms with van der Waals surface area (Å²) in [6.45, 7) is 18.9. The third-order valence-corrected chi connectivity index (χ3v) is 15.2. The first-order valence-corrected chi connectivity index (χ1v) is 24.9. The standard InChI is InChI=1S/C49H70FN9O10.C2H6/c1-26-21-48(7,65-11)43(29(4)39(60)30(5)44(62)67-31(6)49(8)42-28(3)38(26)52-17-19-58(42)47(63)69-49)68-45-40(61)36(20-27(2)66-45)57(9)18-16-35-25-59(56-55-35)37(22-50)41(64-10)33-14-12-32(13-15-33)34-23-53-46(51)54-24-34;1-2/h12-15,23-31,36-37,40-43,45,61H,16-22H2,1-11H3,(H2,51,53,54);1-2H3/t26-,27-,28?,29+,30?,31-,36?,37?,40-,41?,42-,43-,45+,48-,49-;/m1./s1. The Bertz CT molecular complexity index is 2310. The zero-order chi connectivity index (χ0) is 52.1. The number of carbonyl (C=O) groups is 3. The molecule has 2 bridgehead atoms. The van der Waals surface area contributed by atoms with Crippen molar-refractivity contribution in [2.24, 2.45) is 28.7 Å². The first-order valence-electron chi connectivity index (χ1n) is 24.9. The fourth-order valence-corrected chi connectivity index (χ4v) is 11.0. The molecule has 1 aromatic carbocycles. The average molecular weight is 994 g/mol. The summed E-state index contributed by atoms with van der Waals surface area (Å²) < 4.78 is 53.7. The van der Waals surface area contributed by atoms with Gasteiger partial charge in [0.15, 0.2) is 17.7 Å². The summed E-state index contributed by atoms with van der Waals surface area (Å²) in [7, 11) is 4.98. The number of alkyl halides is 1. The van der Waals surface area contributed by atoms with E-state index in [2.05, 4.69) is 20.3 Å². The number of nitrogens with zero attached hydrogens (tertiary/aromatic N) is 8. The highest BCUT2D eigenvalue weighted by atomic mass is 19.1. The summed E-state index contributed by atoms with van der Waals surface area (Å²) in [6, 6.07) is 5.76. The maximum atomic E-state index is 14.8. The Morgan fingerprint density at radius 1 is 1.00 bits per heavy atom. The smallest absolute Gasteiger partial charge is 0.410 e. The van der Waals surface area contributed by atoms with Crippen LogP contribution in [0, 0.1) is 23.7 Å². The fraction of sp³-hybridized carbons (Fsp3) is 0.686. The van der Waals surface area contributed by atoms with Crippen molar-refractivity contribution in [3.63, 3.8) is 0 Å². The van der Waals surface area contributed by atoms with Gasteiger partial charge in [-0.05, 0) is 71.6 Å². The number of nitrogens with two attached hydrogens (primary N) is 1. The third-order valence-electron chi connectivity index (χ3n) is 15.2. The molecule has 6 heterocycles. The van der Waals surface area contributed by atoms with Crippen LogP contribution >= 0.6 is 0 Å². The number of hydrogen-bond donors (Lipinski definition) is 2. The number of rotatable bonds is 13. The molecular weight excluding hydrogens is 918 g/mol. The van der Waals surface area contributed by atoms with E-state index in [9.17, 15) is 23.9 Å². The van der Waals surface area contributed by atoms with Gasteiger partial charge in [-0.15, -0.1) is 5.10 Å². The summed E-state index contributed by atoms with van der Waals surface area (Å²) in [6.07, 6.45) is 0.419. The number of carbonyl (C=O) groups excluding carboxylic acids is 3. The van der Waals surface area contributed by atoms with Gasteiger partial charge in [0.2, 0.25) is 5.95 Å². The van der Waals surface area contributed by atoms with Gasteiger partial charge >= 0.3 is 12.1 Å². The molecule has 3 fully saturated rings. The zero-order valence-corrected chi connectivity index (χ0v) is 43.7. The number of cyclic esters (lactones) is 1. The number of ketones is 1. The summed E-state index contributed by atoms with van der Waals surface area (Å²) in [5, 5.41) is 20.8. The van der Waals surface area contributed by atoms with Crippen LogP contribution in [0.3, 0.4) is 0 Å². The maximum Gasteiger partial charge on any atom is 0.410 e. The van der Waals surface area contributed by atoms with E-state index in [4.69, 9.17) is 39.1 Å². The van der Waals surface area contributed by atoms with E-state index in [1.165, 1.54) is 18.7 Å². The highest BCUT2D eigenvalue weighted by Gasteiger charge is 2.60. The molecule has 19 nitrogen and oxygen atoms in total. The van der Waals surface area contributed by atoms with Crippen molar-refractivity contribution >= 4 is 29.5 Å². The Kier molecular flexibility index (Phi) is 18.1. The van der Waals surface area contributed by atoms with Crippen LogP contribution in [0.4, 0.5) is 15.1 Å². The van der Waals surface area contributed by atoms with Crippen molar-refractivity contribution in [3.05, 3.63) is 54.1 Å². The molecule has 0 radical (unpaired) electrons. The second kappa shape index (κ2) is 23.3. The third kappa shape index (κ3) is 11.5. The van der Waals surface area contributed by atoms with Crippen LogP contribution in [0.2, 0.25) is 0 Å². The van der Waals surface area contributed by atoms with E-state index in [-0.39, 0.29) is 23.9 Å². The maximum absolute atomic E-state index is 14.8. The van der Waals surface area contributed by atoms with Crippen molar-refractivity contribution in [2.75, 3.05) is 53.3 Å². The van der Waals surface area contributed by atoms with Crippen LogP contribution in [0.5, 0.6) is 0 Å². The number of likely N-dealkylation sites (N-methyl/N-ethyl adjacent to an activating group) is 1. The van der Waals surface area contributed by atoms with Gasteiger partial charge in [-0.3, -0.25) is 19.5 Å². The summed E-state index contributed by atoms with van der Waals surface area (Å²) in [4.78, 5) is 58.4. The monoisotopic (exact) mass is 994 g/mol. The van der Waals surface area contributed by atoms with Crippen LogP contribution in [0.25, 0.3) is 11.1 Å². The molecule has 3 N–H and O–H groups in total. The van der Waals surface area contributed by atoms with Crippen LogP contribution < -0.4 is 5.73 Å². The number of esters is 1. The molecule has 15 atom stereocenters. The number of hydrogen-bond acceptors (Lipinski definition) is 17. The minimum absolute atomic E-state index is 0.182. The predicted octanol–water partition coefficient (Wildman–Crippen LogP) is 5.85. The Hall–Kier alpha value is -4.99. The quantitative estimate of drug-likeness (QED) is 0.151. The van der Waals surface area contributed by atoms with Crippen molar-refractivity contribution in [3.8, 4) is 11.1 Å². The van der Waals surface area contributed by atoms with Crippen LogP contribution in [-0.2, 0) is 44.4 Å². The number of ether oxygens (including phenoxy) is 6. The van der Waals surface area contributed by atoms with Gasteiger partial charge in [-0.1, -0.05) is 64.1 Å². The second-order valence-corrected chi connectivity index (χ2v) is 19.8. The fourth-order valence-electron chi connectivity index (χ4n) is 11.0. The van der Waals surface area contributed by atoms with E-state index in [0.717, 1.165) is 22.4 Å². The molecule has 4 aliphatic heterocycles. The zero-order valence-electron chi connectivity index (χ0n) is 43.7. The SMILES string of the molecule is CC.COC(c1ccc(-c2cnc(N)nc2)cc1)C(CF)n1cc(CCN(C)C2C[C@@H](C)O[C@@H](O[C@@H]3[C@@H](C)C(=O)C(C)C(=O)O[C@H](C)[C@@]4(C)OC(=O)N5CCN=C(C(C)[C@@H]54)[C@H](C)C[C@@]3(C)OC)[C@@H]2O)nn1. The normalized spacial score (nSPS) is 33.5. The minimum atomic E-state index is -1.22. The van der Waals surface area contributed by atoms with Gasteiger partial charge in [-0.2, -0.15) is 0 Å². The number of fused-ring (bicyclic) bond motifs is 1. The number of halogens is 1. The number of aromatic nitrogens is 5. The Balaban J connectivity index is 0.00000407. The van der Waals surface area contributed by atoms with E-state index >= 15 is 0 Å². The topological polar surface area (TPSA) is 228 Å². The molecule has 0 saturated carbocycles. The van der Waals surface area contributed by atoms with Crippen molar-refractivity contribution < 1.29 is 52.3 Å². The molecule has 3 saturated heterocycles. The Morgan fingerprint density at radius 3 is 2.31 bits per heavy atom. The number of amides is 1. The molecule has 7 rings (SSSR count). The molecule has 5 unspecified atom stereocenters. The van der Waals surface area contributed by atoms with Gasteiger partial charge < -0.3 is 44.2 Å². The summed E-state index contributed by atoms with van der Waals surface area (Å²) in [5.41, 5.74) is 7.12. The van der Waals surface area contributed by atoms with E-state index in [1.54, 1.807) is 51.4 Å². The number of benzene rings is 1. The van der Waals surface area contributed by atoms with Crippen molar-refractivity contribution in [1.82, 2.24) is 34.8 Å². The molecule has 392 valence electrons. The van der Waals surface area contributed by atoms with Crippen molar-refractivity contribution in [2.45, 2.75) is 155 Å². The van der Waals surface area contributed by atoms with Gasteiger partial charge in [0.25, 0.3) is 0 Å². The second-order valence-electron chi connectivity index (χ2n) is 19.8. The average Bonchev–Trinajstić information content (AvgIpc) is 3.88. The molecule has 0 aliphatic carbocycles. The largest absolute Gasteiger partial charge is 0.458 e. The number of aliphatic imine (C=N–C) groups is 1. The lowest BCUT2D eigenvalue weighted by atomic mass is 9.73. The minimum Gasteiger partial charge on any atom is -0.458 e. The van der Waals surface area contributed by atoms with Gasteiger partial charge in [0.05, 0.1) is 36.1 Å². The lowest BCUT2D eigenvalue weighted by Crippen LogP contribution is -2.60. The van der Waals surface area contributed by atoms with Crippen molar-refractivity contribution in [1.29, 1.82) is 0 Å². The van der Waals surface area contributed by atoms with Gasteiger partial charge in [-0.25, -0.2) is 23.8 Å². The first kappa shape index (κ1) is 55.3. The number of nitrogen functional groups attached to an aromatic ring is 1. The van der Waals surface area contributed by atoms with Crippen LogP contribution in [0.1, 0.15) is 105 Å². The molecule has 0 spiro atoms. The first-order chi connectivity index (χ1) is 33.7. The van der Waals surface area contributed by atoms with Gasteiger partial charge in [0, 0.05) is 81.5 Å². The molecule has 1 amide bonds. The lowest BCUT2D eigenvalue weighted by Gasteiger charge is -2.47. The number of aliphatic hydroxyl groups is 1. The number of methoxy groups -OCH3 is 2. The lowest BCUT2D eigenvalue weighted by molar-refractivity contribution is -0.295. The molecular formula is C51H76FN9O10. The van der Waals surface area contributed by atoms with E-state index < -0.39 is 96.4 Å². The Labute approximate surface area is 417 Å². The van der Waals surface area contributed by atoms with E-state index in [0.29, 0.717) is 44.6 Å². The molecule has 71 heavy (non-hydrogen) atoms. The number of anilines is 1. The van der Waals surface area contributed by atoms with Crippen LogP contribution in [0.15, 0.2) is 47.8 Å². The van der Waals surface area contributed by atoms with E-state index in [1.807, 2.05) is 77.8 Å². The highest BCUT2D eigenvalue weighted by molar-refractivity contribution is 6.00. The van der Waals surface area contributed by atoms with Gasteiger partial charge in [0.1, 0.15) is 36.9 Å². The number of aliphatic hydroxyl groups excluding tert-OH is 1. The van der Waals surface area contributed by atoms with Crippen LogP contribution in [-0.4, -0.2) is 165 Å². The number of Topliss-reactive ketones (excluding diaryl/α,β-unsaturated/α-hetero) is 1. The summed E-state index contributed by atoms with van der Waals surface area (Å²) >= 11 is 0.